The maximum Gasteiger partial charge on any atom is 0.331 e. The third kappa shape index (κ3) is 6.98. The molecule has 0 aliphatic heterocycles. The monoisotopic (exact) mass is 462 g/mol. The van der Waals surface area contributed by atoms with E-state index >= 15 is 0 Å². The predicted octanol–water partition coefficient (Wildman–Crippen LogP) is 2.25. The summed E-state index contributed by atoms with van der Waals surface area (Å²) in [5.41, 5.74) is 4.63. The largest absolute Gasteiger partial charge is 0.453 e. The second kappa shape index (κ2) is 11.4. The molecule has 0 amide bonds. The first-order chi connectivity index (χ1) is 15.3. The highest BCUT2D eigenvalue weighted by atomic mass is 16.6. The number of aliphatic hydroxyl groups excluding tert-OH is 5. The van der Waals surface area contributed by atoms with Crippen molar-refractivity contribution in [1.29, 1.82) is 0 Å². The lowest BCUT2D eigenvalue weighted by Crippen LogP contribution is -2.64. The number of ether oxygens (including phenoxy) is 1. The van der Waals surface area contributed by atoms with E-state index in [0.29, 0.717) is 5.57 Å². The molecule has 2 aliphatic rings. The van der Waals surface area contributed by atoms with Crippen LogP contribution in [0.1, 0.15) is 53.9 Å². The Hall–Kier alpha value is -2.03. The number of aliphatic hydroxyl groups is 5. The van der Waals surface area contributed by atoms with Crippen molar-refractivity contribution in [2.75, 3.05) is 0 Å². The van der Waals surface area contributed by atoms with E-state index in [0.717, 1.165) is 12.0 Å². The fourth-order valence-electron chi connectivity index (χ4n) is 4.37. The van der Waals surface area contributed by atoms with E-state index < -0.39 is 42.6 Å². The summed E-state index contributed by atoms with van der Waals surface area (Å²) in [6.07, 6.45) is 4.20. The molecular weight excluding hydrogens is 424 g/mol. The summed E-state index contributed by atoms with van der Waals surface area (Å²) in [5.74, 6) is -0.849. The molecule has 184 valence electrons. The van der Waals surface area contributed by atoms with Crippen LogP contribution >= 0.6 is 0 Å². The molecule has 1 fully saturated rings. The summed E-state index contributed by atoms with van der Waals surface area (Å²) in [6, 6.07) is 0. The third-order valence-corrected chi connectivity index (χ3v) is 6.44. The standard InChI is InChI=1S/C26H38O7/c1-15(11-12-18-17(3)10-7-13-26(18,4)5)8-6-9-16(2)14-19(27)33-25-23(31)21(29)20(28)22(30)24(25)32/h6,8-9,11-12,14,20-25,28-32H,7,10,13H2,1-5H3/b9-6+,12-11+,15-8+,16-14+. The van der Waals surface area contributed by atoms with E-state index in [9.17, 15) is 30.3 Å². The fraction of sp³-hybridized carbons (Fsp3) is 0.577. The van der Waals surface area contributed by atoms with Gasteiger partial charge in [-0.25, -0.2) is 4.79 Å². The van der Waals surface area contributed by atoms with Crippen LogP contribution < -0.4 is 0 Å². The van der Waals surface area contributed by atoms with Gasteiger partial charge in [0, 0.05) is 6.08 Å². The number of carbonyl (C=O) groups excluding carboxylic acids is 1. The van der Waals surface area contributed by atoms with Gasteiger partial charge in [0.1, 0.15) is 30.5 Å². The zero-order chi connectivity index (χ0) is 24.9. The van der Waals surface area contributed by atoms with Crippen LogP contribution in [0.5, 0.6) is 0 Å². The summed E-state index contributed by atoms with van der Waals surface area (Å²) < 4.78 is 5.03. The second-order valence-corrected chi connectivity index (χ2v) is 9.78. The van der Waals surface area contributed by atoms with Gasteiger partial charge in [-0.3, -0.25) is 0 Å². The second-order valence-electron chi connectivity index (χ2n) is 9.78. The molecular formula is C26H38O7. The number of esters is 1. The summed E-state index contributed by atoms with van der Waals surface area (Å²) in [6.45, 7) is 10.4. The Morgan fingerprint density at radius 1 is 0.939 bits per heavy atom. The first-order valence-electron chi connectivity index (χ1n) is 11.4. The van der Waals surface area contributed by atoms with Crippen molar-refractivity contribution in [2.24, 2.45) is 5.41 Å². The van der Waals surface area contributed by atoms with Crippen LogP contribution in [0.25, 0.3) is 0 Å². The number of rotatable bonds is 6. The van der Waals surface area contributed by atoms with Crippen molar-refractivity contribution in [1.82, 2.24) is 0 Å². The van der Waals surface area contributed by atoms with E-state index in [-0.39, 0.29) is 5.41 Å². The van der Waals surface area contributed by atoms with Crippen LogP contribution in [0.15, 0.2) is 58.7 Å². The van der Waals surface area contributed by atoms with Crippen molar-refractivity contribution < 1.29 is 35.1 Å². The summed E-state index contributed by atoms with van der Waals surface area (Å²) in [4.78, 5) is 12.2. The minimum Gasteiger partial charge on any atom is -0.453 e. The first-order valence-corrected chi connectivity index (χ1v) is 11.4. The molecule has 33 heavy (non-hydrogen) atoms. The fourth-order valence-corrected chi connectivity index (χ4v) is 4.37. The maximum atomic E-state index is 12.2. The quantitative estimate of drug-likeness (QED) is 0.233. The van der Waals surface area contributed by atoms with E-state index in [2.05, 4.69) is 32.9 Å². The SMILES string of the molecule is CC1=C(/C=C/C(C)=C/C=C/C(C)=C/C(=O)OC2C(O)C(O)C(O)C(O)C2O)C(C)(C)CCC1. The number of hydrogen-bond acceptors (Lipinski definition) is 7. The molecule has 5 N–H and O–H groups in total. The molecule has 0 radical (unpaired) electrons. The Bertz CT molecular complexity index is 846. The molecule has 1 saturated carbocycles. The van der Waals surface area contributed by atoms with Crippen molar-refractivity contribution in [3.05, 3.63) is 58.7 Å². The number of carbonyl (C=O) groups is 1. The molecule has 4 unspecified atom stereocenters. The van der Waals surface area contributed by atoms with Gasteiger partial charge >= 0.3 is 5.97 Å². The normalized spacial score (nSPS) is 33.8. The van der Waals surface area contributed by atoms with Crippen LogP contribution in [-0.4, -0.2) is 68.1 Å². The average Bonchev–Trinajstić information content (AvgIpc) is 2.73. The molecule has 0 heterocycles. The Labute approximate surface area is 196 Å². The van der Waals surface area contributed by atoms with Gasteiger partial charge in [-0.2, -0.15) is 0 Å². The Morgan fingerprint density at radius 3 is 2.09 bits per heavy atom. The van der Waals surface area contributed by atoms with Gasteiger partial charge in [-0.05, 0) is 56.6 Å². The lowest BCUT2D eigenvalue weighted by Gasteiger charge is -2.40. The zero-order valence-corrected chi connectivity index (χ0v) is 20.1. The van der Waals surface area contributed by atoms with E-state index in [1.165, 1.54) is 30.1 Å². The smallest absolute Gasteiger partial charge is 0.331 e. The summed E-state index contributed by atoms with van der Waals surface area (Å²) in [7, 11) is 0. The topological polar surface area (TPSA) is 127 Å². The van der Waals surface area contributed by atoms with Crippen LogP contribution in [0.4, 0.5) is 0 Å². The van der Waals surface area contributed by atoms with E-state index in [1.807, 2.05) is 13.0 Å². The Kier molecular flexibility index (Phi) is 9.40. The van der Waals surface area contributed by atoms with Crippen molar-refractivity contribution >= 4 is 5.97 Å². The van der Waals surface area contributed by atoms with E-state index in [1.54, 1.807) is 19.1 Å². The van der Waals surface area contributed by atoms with Crippen LogP contribution in [0.3, 0.4) is 0 Å². The minimum atomic E-state index is -1.74. The zero-order valence-electron chi connectivity index (χ0n) is 20.1. The Balaban J connectivity index is 1.99. The van der Waals surface area contributed by atoms with Crippen molar-refractivity contribution in [3.8, 4) is 0 Å². The number of allylic oxidation sites excluding steroid dienone is 9. The molecule has 2 aliphatic carbocycles. The van der Waals surface area contributed by atoms with Gasteiger partial charge in [-0.15, -0.1) is 0 Å². The Morgan fingerprint density at radius 2 is 1.52 bits per heavy atom. The highest BCUT2D eigenvalue weighted by molar-refractivity contribution is 5.83. The molecule has 0 aromatic carbocycles. The van der Waals surface area contributed by atoms with Gasteiger partial charge in [0.05, 0.1) is 0 Å². The van der Waals surface area contributed by atoms with Gasteiger partial charge < -0.3 is 30.3 Å². The summed E-state index contributed by atoms with van der Waals surface area (Å²) in [5, 5.41) is 49.0. The van der Waals surface area contributed by atoms with Gasteiger partial charge in [0.2, 0.25) is 0 Å². The van der Waals surface area contributed by atoms with E-state index in [4.69, 9.17) is 4.74 Å². The first kappa shape index (κ1) is 27.2. The van der Waals surface area contributed by atoms with Crippen LogP contribution in [0, 0.1) is 5.41 Å². The minimum absolute atomic E-state index is 0.179. The van der Waals surface area contributed by atoms with Gasteiger partial charge in [-0.1, -0.05) is 55.4 Å². The van der Waals surface area contributed by atoms with Crippen LogP contribution in [0.2, 0.25) is 0 Å². The highest BCUT2D eigenvalue weighted by Crippen LogP contribution is 2.40. The maximum absolute atomic E-state index is 12.2. The summed E-state index contributed by atoms with van der Waals surface area (Å²) >= 11 is 0. The molecule has 0 spiro atoms. The molecule has 0 aromatic rings. The van der Waals surface area contributed by atoms with Crippen LogP contribution in [-0.2, 0) is 9.53 Å². The van der Waals surface area contributed by atoms with Crippen molar-refractivity contribution in [3.63, 3.8) is 0 Å². The number of hydrogen-bond donors (Lipinski definition) is 5. The lowest BCUT2D eigenvalue weighted by atomic mass is 9.72. The molecule has 0 bridgehead atoms. The molecule has 7 heteroatoms. The average molecular weight is 463 g/mol. The predicted molar refractivity (Wildman–Crippen MR) is 126 cm³/mol. The third-order valence-electron chi connectivity index (χ3n) is 6.44. The highest BCUT2D eigenvalue weighted by Gasteiger charge is 2.50. The molecule has 2 rings (SSSR count). The molecule has 4 atom stereocenters. The van der Waals surface area contributed by atoms with Gasteiger partial charge in [0.15, 0.2) is 6.10 Å². The lowest BCUT2D eigenvalue weighted by molar-refractivity contribution is -0.231. The molecule has 0 aromatic heterocycles. The van der Waals surface area contributed by atoms with Crippen molar-refractivity contribution in [2.45, 2.75) is 90.5 Å². The van der Waals surface area contributed by atoms with Gasteiger partial charge in [0.25, 0.3) is 0 Å². The molecule has 0 saturated heterocycles. The molecule has 7 nitrogen and oxygen atoms in total.